The third-order valence-electron chi connectivity index (χ3n) is 4.06. The number of anilines is 2. The van der Waals surface area contributed by atoms with Crippen molar-refractivity contribution < 1.29 is 22.6 Å². The molecule has 0 aliphatic heterocycles. The molecule has 1 saturated carbocycles. The summed E-state index contributed by atoms with van der Waals surface area (Å²) in [6.45, 7) is 2.44. The van der Waals surface area contributed by atoms with Crippen LogP contribution in [0, 0.1) is 0 Å². The van der Waals surface area contributed by atoms with E-state index in [2.05, 4.69) is 15.3 Å². The number of nitrogens with one attached hydrogen (secondary N) is 1. The van der Waals surface area contributed by atoms with Crippen LogP contribution in [0.2, 0.25) is 0 Å². The summed E-state index contributed by atoms with van der Waals surface area (Å²) in [5.74, 6) is 0.333. The topological polar surface area (TPSA) is 56.3 Å². The molecule has 0 saturated heterocycles. The molecule has 8 heteroatoms. The number of hydrogen-bond donors (Lipinski definition) is 1. The van der Waals surface area contributed by atoms with Gasteiger partial charge in [0.05, 0.1) is 6.61 Å². The molecule has 5 nitrogen and oxygen atoms in total. The summed E-state index contributed by atoms with van der Waals surface area (Å²) >= 11 is 0. The van der Waals surface area contributed by atoms with Crippen LogP contribution < -0.4 is 14.8 Å². The number of alkyl halides is 3. The number of nitrogens with zero attached hydrogens (tertiary/aromatic N) is 2. The highest BCUT2D eigenvalue weighted by Crippen LogP contribution is 2.37. The molecule has 0 atom stereocenters. The fraction of sp³-hybridized carbons (Fsp3) is 0.444. The summed E-state index contributed by atoms with van der Waals surface area (Å²) in [4.78, 5) is 7.74. The largest absolute Gasteiger partial charge is 0.494 e. The third kappa shape index (κ3) is 4.56. The van der Waals surface area contributed by atoms with Gasteiger partial charge in [-0.05, 0) is 56.9 Å². The van der Waals surface area contributed by atoms with Gasteiger partial charge in [-0.1, -0.05) is 0 Å². The Kier molecular flexibility index (Phi) is 5.49. The maximum atomic E-state index is 13.2. The molecule has 1 aromatic heterocycles. The first-order valence-electron chi connectivity index (χ1n) is 8.56. The van der Waals surface area contributed by atoms with Crippen LogP contribution in [0.4, 0.5) is 24.8 Å². The van der Waals surface area contributed by atoms with Gasteiger partial charge in [-0.3, -0.25) is 0 Å². The molecule has 140 valence electrons. The van der Waals surface area contributed by atoms with E-state index in [0.29, 0.717) is 18.0 Å². The zero-order chi connectivity index (χ0) is 18.6. The Morgan fingerprint density at radius 2 is 1.85 bits per heavy atom. The van der Waals surface area contributed by atoms with Gasteiger partial charge in [0.1, 0.15) is 17.4 Å². The molecule has 1 N–H and O–H groups in total. The van der Waals surface area contributed by atoms with Gasteiger partial charge < -0.3 is 14.8 Å². The first-order valence-corrected chi connectivity index (χ1v) is 8.56. The molecule has 1 fully saturated rings. The summed E-state index contributed by atoms with van der Waals surface area (Å²) in [5.41, 5.74) is -0.318. The number of rotatable bonds is 6. The van der Waals surface area contributed by atoms with E-state index in [1.54, 1.807) is 24.3 Å². The van der Waals surface area contributed by atoms with Crippen molar-refractivity contribution in [1.82, 2.24) is 9.97 Å². The quantitative estimate of drug-likeness (QED) is 0.782. The minimum Gasteiger partial charge on any atom is -0.494 e. The normalized spacial score (nSPS) is 15.1. The highest BCUT2D eigenvalue weighted by Gasteiger charge is 2.37. The van der Waals surface area contributed by atoms with Gasteiger partial charge in [0.2, 0.25) is 11.8 Å². The van der Waals surface area contributed by atoms with Crippen molar-refractivity contribution in [2.24, 2.45) is 0 Å². The van der Waals surface area contributed by atoms with Gasteiger partial charge >= 0.3 is 6.18 Å². The molecule has 0 amide bonds. The number of aromatic nitrogens is 2. The molecule has 0 bridgehead atoms. The van der Waals surface area contributed by atoms with Gasteiger partial charge in [-0.2, -0.15) is 18.2 Å². The molecule has 0 radical (unpaired) electrons. The highest BCUT2D eigenvalue weighted by atomic mass is 19.4. The summed E-state index contributed by atoms with van der Waals surface area (Å²) in [7, 11) is 0. The zero-order valence-electron chi connectivity index (χ0n) is 14.3. The fourth-order valence-corrected chi connectivity index (χ4v) is 2.81. The molecular formula is C18H20F3N3O2. The fourth-order valence-electron chi connectivity index (χ4n) is 2.81. The summed E-state index contributed by atoms with van der Waals surface area (Å²) in [6, 6.07) is 6.99. The second kappa shape index (κ2) is 7.80. The average molecular weight is 367 g/mol. The van der Waals surface area contributed by atoms with E-state index in [1.807, 2.05) is 6.92 Å². The van der Waals surface area contributed by atoms with Crippen molar-refractivity contribution in [3.05, 3.63) is 36.0 Å². The van der Waals surface area contributed by atoms with Crippen LogP contribution in [-0.4, -0.2) is 22.7 Å². The third-order valence-corrected chi connectivity index (χ3v) is 4.06. The molecule has 1 aromatic carbocycles. The lowest BCUT2D eigenvalue weighted by Crippen LogP contribution is -2.17. The van der Waals surface area contributed by atoms with Gasteiger partial charge in [0, 0.05) is 11.9 Å². The monoisotopic (exact) mass is 367 g/mol. The Morgan fingerprint density at radius 1 is 1.15 bits per heavy atom. The average Bonchev–Trinajstić information content (AvgIpc) is 3.09. The van der Waals surface area contributed by atoms with Gasteiger partial charge in [-0.25, -0.2) is 4.98 Å². The van der Waals surface area contributed by atoms with E-state index < -0.39 is 17.6 Å². The Labute approximate surface area is 149 Å². The van der Waals surface area contributed by atoms with Gasteiger partial charge in [0.25, 0.3) is 0 Å². The molecular weight excluding hydrogens is 347 g/mol. The number of hydrogen-bond acceptors (Lipinski definition) is 5. The van der Waals surface area contributed by atoms with Crippen LogP contribution in [0.5, 0.6) is 11.6 Å². The molecule has 26 heavy (non-hydrogen) atoms. The van der Waals surface area contributed by atoms with Crippen LogP contribution in [0.25, 0.3) is 0 Å². The number of ether oxygens (including phenoxy) is 2. The molecule has 0 unspecified atom stereocenters. The number of benzene rings is 1. The molecule has 1 aliphatic carbocycles. The standard InChI is InChI=1S/C18H20F3N3O2/c1-2-25-13-9-7-12(8-10-13)23-17-22-11-15(18(19,20)21)16(24-17)26-14-5-3-4-6-14/h7-11,14H,2-6H2,1H3,(H,22,23,24). The van der Waals surface area contributed by atoms with Crippen molar-refractivity contribution in [1.29, 1.82) is 0 Å². The van der Waals surface area contributed by atoms with Crippen LogP contribution in [-0.2, 0) is 6.18 Å². The molecule has 0 spiro atoms. The van der Waals surface area contributed by atoms with Crippen molar-refractivity contribution in [2.45, 2.75) is 44.9 Å². The Hall–Kier alpha value is -2.51. The molecule has 1 heterocycles. The SMILES string of the molecule is CCOc1ccc(Nc2ncc(C(F)(F)F)c(OC3CCCC3)n2)cc1. The second-order valence-electron chi connectivity index (χ2n) is 6.02. The molecule has 1 aliphatic rings. The predicted octanol–water partition coefficient (Wildman–Crippen LogP) is 4.96. The van der Waals surface area contributed by atoms with Crippen LogP contribution in [0.3, 0.4) is 0 Å². The lowest BCUT2D eigenvalue weighted by Gasteiger charge is -2.17. The summed E-state index contributed by atoms with van der Waals surface area (Å²) in [6.07, 6.45) is -0.654. The number of halogens is 3. The Balaban J connectivity index is 1.80. The van der Waals surface area contributed by atoms with E-state index in [9.17, 15) is 13.2 Å². The van der Waals surface area contributed by atoms with Crippen molar-refractivity contribution in [3.63, 3.8) is 0 Å². The smallest absolute Gasteiger partial charge is 0.423 e. The Morgan fingerprint density at radius 3 is 2.46 bits per heavy atom. The van der Waals surface area contributed by atoms with E-state index in [4.69, 9.17) is 9.47 Å². The maximum Gasteiger partial charge on any atom is 0.423 e. The highest BCUT2D eigenvalue weighted by molar-refractivity contribution is 5.55. The molecule has 2 aromatic rings. The first-order chi connectivity index (χ1) is 12.5. The Bertz CT molecular complexity index is 729. The minimum atomic E-state index is -4.56. The second-order valence-corrected chi connectivity index (χ2v) is 6.02. The van der Waals surface area contributed by atoms with Crippen molar-refractivity contribution in [3.8, 4) is 11.6 Å². The lowest BCUT2D eigenvalue weighted by atomic mass is 10.3. The van der Waals surface area contributed by atoms with Crippen LogP contribution in [0.1, 0.15) is 38.2 Å². The van der Waals surface area contributed by atoms with E-state index in [1.165, 1.54) is 0 Å². The summed E-state index contributed by atoms with van der Waals surface area (Å²) < 4.78 is 50.5. The lowest BCUT2D eigenvalue weighted by molar-refractivity contribution is -0.139. The van der Waals surface area contributed by atoms with Crippen molar-refractivity contribution in [2.75, 3.05) is 11.9 Å². The van der Waals surface area contributed by atoms with E-state index in [-0.39, 0.29) is 12.1 Å². The van der Waals surface area contributed by atoms with Gasteiger partial charge in [-0.15, -0.1) is 0 Å². The summed E-state index contributed by atoms with van der Waals surface area (Å²) in [5, 5.41) is 2.89. The first kappa shape index (κ1) is 18.3. The maximum absolute atomic E-state index is 13.2. The van der Waals surface area contributed by atoms with E-state index >= 15 is 0 Å². The van der Waals surface area contributed by atoms with E-state index in [0.717, 1.165) is 31.9 Å². The van der Waals surface area contributed by atoms with Crippen LogP contribution in [0.15, 0.2) is 30.5 Å². The minimum absolute atomic E-state index is 0.0511. The molecule has 3 rings (SSSR count). The predicted molar refractivity (Wildman–Crippen MR) is 90.8 cm³/mol. The van der Waals surface area contributed by atoms with Gasteiger partial charge in [0.15, 0.2) is 0 Å². The van der Waals surface area contributed by atoms with Crippen LogP contribution >= 0.6 is 0 Å². The van der Waals surface area contributed by atoms with Crippen molar-refractivity contribution >= 4 is 11.6 Å². The zero-order valence-corrected chi connectivity index (χ0v) is 14.3.